The van der Waals surface area contributed by atoms with Crippen molar-refractivity contribution in [2.45, 2.75) is 6.42 Å². The van der Waals surface area contributed by atoms with Crippen LogP contribution in [0.5, 0.6) is 5.75 Å². The largest absolute Gasteiger partial charge is 0.497 e. The van der Waals surface area contributed by atoms with E-state index in [9.17, 15) is 0 Å². The summed E-state index contributed by atoms with van der Waals surface area (Å²) in [6, 6.07) is 24.4. The molecule has 0 amide bonds. The lowest BCUT2D eigenvalue weighted by molar-refractivity contribution is 0.415. The van der Waals surface area contributed by atoms with Crippen LogP contribution in [0, 0.1) is 0 Å². The number of anilines is 2. The summed E-state index contributed by atoms with van der Waals surface area (Å²) >= 11 is 6.25. The molecule has 6 rings (SSSR count). The molecule has 0 spiro atoms. The fourth-order valence-electron chi connectivity index (χ4n) is 4.50. The van der Waals surface area contributed by atoms with Gasteiger partial charge in [0.25, 0.3) is 0 Å². The number of methoxy groups -OCH3 is 1. The first kappa shape index (κ1) is 20.6. The molecule has 5 nitrogen and oxygen atoms in total. The number of aromatic nitrogens is 3. The Balaban J connectivity index is 1.54. The van der Waals surface area contributed by atoms with Gasteiger partial charge in [0.05, 0.1) is 12.6 Å². The second kappa shape index (κ2) is 8.43. The number of nitrogens with zero attached hydrogens (tertiary/aromatic N) is 4. The number of pyridine rings is 1. The third kappa shape index (κ3) is 3.64. The van der Waals surface area contributed by atoms with Gasteiger partial charge in [-0.3, -0.25) is 4.98 Å². The van der Waals surface area contributed by atoms with Gasteiger partial charge in [-0.2, -0.15) is 0 Å². The molecule has 3 heterocycles. The minimum atomic E-state index is 0.657. The van der Waals surface area contributed by atoms with Gasteiger partial charge in [-0.15, -0.1) is 0 Å². The summed E-state index contributed by atoms with van der Waals surface area (Å²) < 4.78 is 5.31. The van der Waals surface area contributed by atoms with Crippen molar-refractivity contribution in [3.05, 3.63) is 95.8 Å². The molecular weight excluding hydrogens is 444 g/mol. The quantitative estimate of drug-likeness (QED) is 0.295. The number of hydrogen-bond donors (Lipinski definition) is 0. The zero-order chi connectivity index (χ0) is 23.1. The van der Waals surface area contributed by atoms with Crippen LogP contribution < -0.4 is 9.64 Å². The van der Waals surface area contributed by atoms with Gasteiger partial charge < -0.3 is 9.64 Å². The monoisotopic (exact) mass is 464 g/mol. The molecule has 166 valence electrons. The van der Waals surface area contributed by atoms with Gasteiger partial charge in [0.2, 0.25) is 0 Å². The van der Waals surface area contributed by atoms with E-state index in [4.69, 9.17) is 26.3 Å². The summed E-state index contributed by atoms with van der Waals surface area (Å²) in [7, 11) is 1.67. The van der Waals surface area contributed by atoms with Crippen LogP contribution in [0.1, 0.15) is 5.56 Å². The second-order valence-electron chi connectivity index (χ2n) is 8.25. The third-order valence-electron chi connectivity index (χ3n) is 6.21. The number of hydrogen-bond acceptors (Lipinski definition) is 5. The Bertz CT molecular complexity index is 1500. The van der Waals surface area contributed by atoms with Crippen LogP contribution in [0.2, 0.25) is 5.02 Å². The van der Waals surface area contributed by atoms with Crippen LogP contribution >= 0.6 is 11.6 Å². The van der Waals surface area contributed by atoms with Gasteiger partial charge in [0.15, 0.2) is 5.82 Å². The molecule has 0 unspecified atom stereocenters. The van der Waals surface area contributed by atoms with Crippen molar-refractivity contribution >= 4 is 34.0 Å². The van der Waals surface area contributed by atoms with Gasteiger partial charge in [-0.1, -0.05) is 29.8 Å². The summed E-state index contributed by atoms with van der Waals surface area (Å²) in [6.45, 7) is 0.842. The molecule has 0 atom stereocenters. The molecule has 0 bridgehead atoms. The molecule has 0 aliphatic carbocycles. The van der Waals surface area contributed by atoms with Crippen LogP contribution in [0.4, 0.5) is 11.5 Å². The summed E-state index contributed by atoms with van der Waals surface area (Å²) in [5, 5.41) is 1.76. The van der Waals surface area contributed by atoms with E-state index in [1.807, 2.05) is 36.4 Å². The Morgan fingerprint density at radius 3 is 2.53 bits per heavy atom. The normalized spacial score (nSPS) is 12.7. The lowest BCUT2D eigenvalue weighted by Crippen LogP contribution is -2.16. The number of halogens is 1. The van der Waals surface area contributed by atoms with E-state index >= 15 is 0 Å². The summed E-state index contributed by atoms with van der Waals surface area (Å²) in [4.78, 5) is 16.5. The SMILES string of the molecule is COc1ccc(-c2ccc3c(N4CCc5cc(Cl)ccc54)nc(-c4cccnc4)nc3c2)cc1. The average Bonchev–Trinajstić information content (AvgIpc) is 3.31. The molecule has 6 heteroatoms. The maximum Gasteiger partial charge on any atom is 0.163 e. The standard InChI is InChI=1S/C28H21ClN4O/c1-34-23-8-4-18(5-9-23)19-6-10-24-25(16-19)31-27(21-3-2-13-30-17-21)32-28(24)33-14-12-20-15-22(29)7-11-26(20)33/h2-11,13,15-17H,12,14H2,1H3. The van der Waals surface area contributed by atoms with Crippen LogP contribution in [0.15, 0.2) is 85.2 Å². The predicted octanol–water partition coefficient (Wildman–Crippen LogP) is 6.72. The molecule has 0 fully saturated rings. The zero-order valence-corrected chi connectivity index (χ0v) is 19.3. The Morgan fingerprint density at radius 2 is 1.74 bits per heavy atom. The Morgan fingerprint density at radius 1 is 0.882 bits per heavy atom. The van der Waals surface area contributed by atoms with Crippen molar-refractivity contribution in [2.24, 2.45) is 0 Å². The summed E-state index contributed by atoms with van der Waals surface area (Å²) in [5.41, 5.74) is 6.34. The van der Waals surface area contributed by atoms with E-state index in [0.29, 0.717) is 5.82 Å². The third-order valence-corrected chi connectivity index (χ3v) is 6.45. The Hall–Kier alpha value is -3.96. The molecule has 3 aromatic carbocycles. The van der Waals surface area contributed by atoms with Crippen LogP contribution in [0.3, 0.4) is 0 Å². The number of fused-ring (bicyclic) bond motifs is 2. The molecule has 1 aliphatic rings. The lowest BCUT2D eigenvalue weighted by Gasteiger charge is -2.21. The van der Waals surface area contributed by atoms with Crippen LogP contribution in [0.25, 0.3) is 33.4 Å². The van der Waals surface area contributed by atoms with Gasteiger partial charge in [-0.05, 0) is 77.7 Å². The van der Waals surface area contributed by atoms with Crippen LogP contribution in [-0.4, -0.2) is 28.6 Å². The second-order valence-corrected chi connectivity index (χ2v) is 8.68. The highest BCUT2D eigenvalue weighted by molar-refractivity contribution is 6.30. The minimum Gasteiger partial charge on any atom is -0.497 e. The van der Waals surface area contributed by atoms with Crippen molar-refractivity contribution in [3.63, 3.8) is 0 Å². The van der Waals surface area contributed by atoms with Gasteiger partial charge in [0.1, 0.15) is 11.6 Å². The van der Waals surface area contributed by atoms with Crippen LogP contribution in [-0.2, 0) is 6.42 Å². The number of ether oxygens (including phenoxy) is 1. The maximum atomic E-state index is 6.25. The van der Waals surface area contributed by atoms with E-state index in [-0.39, 0.29) is 0 Å². The van der Waals surface area contributed by atoms with E-state index in [1.54, 1.807) is 19.5 Å². The highest BCUT2D eigenvalue weighted by atomic mass is 35.5. The van der Waals surface area contributed by atoms with E-state index < -0.39 is 0 Å². The topological polar surface area (TPSA) is 51.1 Å². The molecule has 5 aromatic rings. The highest BCUT2D eigenvalue weighted by Crippen LogP contribution is 2.39. The molecule has 0 saturated carbocycles. The molecule has 2 aromatic heterocycles. The maximum absolute atomic E-state index is 6.25. The Labute approximate surface area is 202 Å². The smallest absolute Gasteiger partial charge is 0.163 e. The predicted molar refractivity (Wildman–Crippen MR) is 137 cm³/mol. The van der Waals surface area contributed by atoms with Gasteiger partial charge >= 0.3 is 0 Å². The summed E-state index contributed by atoms with van der Waals surface area (Å²) in [5.74, 6) is 2.39. The average molecular weight is 465 g/mol. The van der Waals surface area contributed by atoms with Crippen molar-refractivity contribution in [1.82, 2.24) is 15.0 Å². The van der Waals surface area contributed by atoms with Gasteiger partial charge in [0, 0.05) is 40.6 Å². The fourth-order valence-corrected chi connectivity index (χ4v) is 4.69. The highest BCUT2D eigenvalue weighted by Gasteiger charge is 2.24. The van der Waals surface area contributed by atoms with E-state index in [1.165, 1.54) is 5.56 Å². The molecule has 0 N–H and O–H groups in total. The van der Waals surface area contributed by atoms with Crippen molar-refractivity contribution in [2.75, 3.05) is 18.6 Å². The number of benzene rings is 3. The first-order valence-corrected chi connectivity index (χ1v) is 11.5. The van der Waals surface area contributed by atoms with Crippen molar-refractivity contribution in [3.8, 4) is 28.3 Å². The summed E-state index contributed by atoms with van der Waals surface area (Å²) in [6.07, 6.45) is 4.48. The zero-order valence-electron chi connectivity index (χ0n) is 18.6. The molecule has 0 radical (unpaired) electrons. The fraction of sp³-hybridized carbons (Fsp3) is 0.107. The van der Waals surface area contributed by atoms with Gasteiger partial charge in [-0.25, -0.2) is 9.97 Å². The van der Waals surface area contributed by atoms with Crippen molar-refractivity contribution < 1.29 is 4.74 Å². The Kier molecular flexibility index (Phi) is 5.12. The molecule has 34 heavy (non-hydrogen) atoms. The molecular formula is C28H21ClN4O. The lowest BCUT2D eigenvalue weighted by atomic mass is 10.0. The minimum absolute atomic E-state index is 0.657. The first-order chi connectivity index (χ1) is 16.7. The molecule has 0 saturated heterocycles. The first-order valence-electron chi connectivity index (χ1n) is 11.1. The van der Waals surface area contributed by atoms with E-state index in [2.05, 4.69) is 46.3 Å². The van der Waals surface area contributed by atoms with E-state index in [0.717, 1.165) is 62.8 Å². The molecule has 1 aliphatic heterocycles. The van der Waals surface area contributed by atoms with Crippen molar-refractivity contribution in [1.29, 1.82) is 0 Å². The number of rotatable bonds is 4.